The Kier molecular flexibility index (Phi) is 6.95. The summed E-state index contributed by atoms with van der Waals surface area (Å²) in [6.45, 7) is 4.06. The van der Waals surface area contributed by atoms with Crippen molar-refractivity contribution in [3.05, 3.63) is 29.8 Å². The first kappa shape index (κ1) is 16.9. The SMILES string of the molecule is CCC(C)C(O)CNC(=O)c1ccc(SC(F)F)cc1. The number of rotatable bonds is 7. The molecule has 6 heteroatoms. The van der Waals surface area contributed by atoms with Crippen LogP contribution in [0.5, 0.6) is 0 Å². The van der Waals surface area contributed by atoms with Crippen molar-refractivity contribution >= 4 is 17.7 Å². The summed E-state index contributed by atoms with van der Waals surface area (Å²) in [5.74, 6) is -2.68. The first-order valence-corrected chi connectivity index (χ1v) is 7.33. The van der Waals surface area contributed by atoms with Crippen molar-refractivity contribution in [3.8, 4) is 0 Å². The second-order valence-electron chi connectivity index (χ2n) is 4.57. The zero-order chi connectivity index (χ0) is 15.1. The van der Waals surface area contributed by atoms with Gasteiger partial charge < -0.3 is 10.4 Å². The minimum absolute atomic E-state index is 0.111. The molecule has 0 fully saturated rings. The minimum Gasteiger partial charge on any atom is -0.391 e. The fraction of sp³-hybridized carbons (Fsp3) is 0.500. The van der Waals surface area contributed by atoms with Crippen LogP contribution in [0, 0.1) is 5.92 Å². The molecule has 1 rings (SSSR count). The predicted octanol–water partition coefficient (Wildman–Crippen LogP) is 3.14. The summed E-state index contributed by atoms with van der Waals surface area (Å²) in [6.07, 6.45) is 0.244. The van der Waals surface area contributed by atoms with Gasteiger partial charge in [0.1, 0.15) is 0 Å². The molecule has 2 atom stereocenters. The van der Waals surface area contributed by atoms with Crippen LogP contribution in [0.15, 0.2) is 29.2 Å². The number of amides is 1. The molecule has 0 heterocycles. The third-order valence-electron chi connectivity index (χ3n) is 3.11. The lowest BCUT2D eigenvalue weighted by atomic mass is 10.0. The topological polar surface area (TPSA) is 49.3 Å². The Bertz CT molecular complexity index is 426. The lowest BCUT2D eigenvalue weighted by molar-refractivity contribution is 0.0850. The maximum absolute atomic E-state index is 12.2. The maximum Gasteiger partial charge on any atom is 0.288 e. The monoisotopic (exact) mass is 303 g/mol. The molecule has 1 aromatic carbocycles. The fourth-order valence-electron chi connectivity index (χ4n) is 1.56. The number of carbonyl (C=O) groups excluding carboxylic acids is 1. The van der Waals surface area contributed by atoms with Gasteiger partial charge in [0.2, 0.25) is 0 Å². The van der Waals surface area contributed by atoms with Crippen LogP contribution in [-0.2, 0) is 0 Å². The minimum atomic E-state index is -2.47. The van der Waals surface area contributed by atoms with E-state index in [1.807, 2.05) is 13.8 Å². The van der Waals surface area contributed by atoms with E-state index >= 15 is 0 Å². The molecule has 0 saturated carbocycles. The number of benzene rings is 1. The average molecular weight is 303 g/mol. The van der Waals surface area contributed by atoms with Gasteiger partial charge in [-0.25, -0.2) is 0 Å². The number of hydrogen-bond donors (Lipinski definition) is 2. The van der Waals surface area contributed by atoms with Gasteiger partial charge in [0, 0.05) is 17.0 Å². The number of alkyl halides is 2. The summed E-state index contributed by atoms with van der Waals surface area (Å²) >= 11 is 0.439. The van der Waals surface area contributed by atoms with Gasteiger partial charge in [-0.05, 0) is 30.2 Å². The van der Waals surface area contributed by atoms with E-state index in [4.69, 9.17) is 0 Å². The Hall–Kier alpha value is -1.14. The second kappa shape index (κ2) is 8.21. The lowest BCUT2D eigenvalue weighted by Crippen LogP contribution is -2.35. The largest absolute Gasteiger partial charge is 0.391 e. The third kappa shape index (κ3) is 5.46. The highest BCUT2D eigenvalue weighted by molar-refractivity contribution is 7.99. The molecule has 0 bridgehead atoms. The van der Waals surface area contributed by atoms with Gasteiger partial charge in [-0.3, -0.25) is 4.79 Å². The Labute approximate surface area is 121 Å². The Morgan fingerprint density at radius 1 is 1.35 bits per heavy atom. The summed E-state index contributed by atoms with van der Waals surface area (Å²) in [5, 5.41) is 12.4. The summed E-state index contributed by atoms with van der Waals surface area (Å²) in [4.78, 5) is 12.2. The van der Waals surface area contributed by atoms with Gasteiger partial charge in [0.05, 0.1) is 6.10 Å². The Morgan fingerprint density at radius 2 is 1.95 bits per heavy atom. The second-order valence-corrected chi connectivity index (χ2v) is 5.63. The van der Waals surface area contributed by atoms with E-state index in [0.29, 0.717) is 22.2 Å². The maximum atomic E-state index is 12.2. The molecule has 2 unspecified atom stereocenters. The fourth-order valence-corrected chi connectivity index (χ4v) is 2.06. The molecular formula is C14H19F2NO2S. The molecule has 20 heavy (non-hydrogen) atoms. The molecule has 2 N–H and O–H groups in total. The van der Waals surface area contributed by atoms with Crippen molar-refractivity contribution in [2.75, 3.05) is 6.54 Å². The molecule has 112 valence electrons. The van der Waals surface area contributed by atoms with Gasteiger partial charge in [-0.2, -0.15) is 8.78 Å². The van der Waals surface area contributed by atoms with Crippen molar-refractivity contribution in [2.24, 2.45) is 5.92 Å². The quantitative estimate of drug-likeness (QED) is 0.761. The van der Waals surface area contributed by atoms with Crippen LogP contribution in [0.1, 0.15) is 30.6 Å². The van der Waals surface area contributed by atoms with Crippen LogP contribution in [0.2, 0.25) is 0 Å². The van der Waals surface area contributed by atoms with Gasteiger partial charge >= 0.3 is 0 Å². The van der Waals surface area contributed by atoms with E-state index in [2.05, 4.69) is 5.32 Å². The molecule has 0 aromatic heterocycles. The molecular weight excluding hydrogens is 284 g/mol. The highest BCUT2D eigenvalue weighted by Gasteiger charge is 2.14. The van der Waals surface area contributed by atoms with Gasteiger partial charge in [-0.15, -0.1) is 0 Å². The van der Waals surface area contributed by atoms with E-state index in [0.717, 1.165) is 6.42 Å². The van der Waals surface area contributed by atoms with Crippen LogP contribution >= 0.6 is 11.8 Å². The summed E-state index contributed by atoms with van der Waals surface area (Å²) in [6, 6.07) is 5.96. The van der Waals surface area contributed by atoms with Gasteiger partial charge in [0.15, 0.2) is 0 Å². The molecule has 0 aliphatic heterocycles. The molecule has 0 aliphatic rings. The number of thioether (sulfide) groups is 1. The Morgan fingerprint density at radius 3 is 2.45 bits per heavy atom. The van der Waals surface area contributed by atoms with Crippen molar-refractivity contribution in [1.82, 2.24) is 5.32 Å². The number of aliphatic hydroxyl groups excluding tert-OH is 1. The number of hydrogen-bond acceptors (Lipinski definition) is 3. The van der Waals surface area contributed by atoms with E-state index < -0.39 is 11.9 Å². The molecule has 0 aliphatic carbocycles. The summed E-state index contributed by atoms with van der Waals surface area (Å²) in [7, 11) is 0. The summed E-state index contributed by atoms with van der Waals surface area (Å²) < 4.78 is 24.3. The predicted molar refractivity (Wildman–Crippen MR) is 76.1 cm³/mol. The Balaban J connectivity index is 2.51. The molecule has 1 aromatic rings. The van der Waals surface area contributed by atoms with Crippen LogP contribution in [0.4, 0.5) is 8.78 Å². The average Bonchev–Trinajstić information content (AvgIpc) is 2.43. The van der Waals surface area contributed by atoms with E-state index in [1.54, 1.807) is 0 Å². The van der Waals surface area contributed by atoms with E-state index in [9.17, 15) is 18.7 Å². The van der Waals surface area contributed by atoms with Crippen molar-refractivity contribution in [2.45, 2.75) is 37.0 Å². The number of aliphatic hydroxyl groups is 1. The van der Waals surface area contributed by atoms with Crippen molar-refractivity contribution in [3.63, 3.8) is 0 Å². The van der Waals surface area contributed by atoms with Gasteiger partial charge in [-0.1, -0.05) is 32.0 Å². The zero-order valence-electron chi connectivity index (χ0n) is 11.5. The van der Waals surface area contributed by atoms with Crippen molar-refractivity contribution < 1.29 is 18.7 Å². The first-order chi connectivity index (χ1) is 9.43. The normalized spacial score (nSPS) is 14.1. The molecule has 3 nitrogen and oxygen atoms in total. The first-order valence-electron chi connectivity index (χ1n) is 6.45. The van der Waals surface area contributed by atoms with Gasteiger partial charge in [0.25, 0.3) is 11.7 Å². The van der Waals surface area contributed by atoms with Crippen LogP contribution in [0.3, 0.4) is 0 Å². The molecule has 1 amide bonds. The number of nitrogens with one attached hydrogen (secondary N) is 1. The highest BCUT2D eigenvalue weighted by atomic mass is 32.2. The standard InChI is InChI=1S/C14H19F2NO2S/c1-3-9(2)12(18)8-17-13(19)10-4-6-11(7-5-10)20-14(15)16/h4-7,9,12,14,18H,3,8H2,1-2H3,(H,17,19). The number of halogens is 2. The van der Waals surface area contributed by atoms with Crippen molar-refractivity contribution in [1.29, 1.82) is 0 Å². The summed E-state index contributed by atoms with van der Waals surface area (Å²) in [5.41, 5.74) is 0.389. The van der Waals surface area contributed by atoms with E-state index in [-0.39, 0.29) is 18.4 Å². The smallest absolute Gasteiger partial charge is 0.288 e. The van der Waals surface area contributed by atoms with E-state index in [1.165, 1.54) is 24.3 Å². The third-order valence-corrected chi connectivity index (χ3v) is 3.84. The highest BCUT2D eigenvalue weighted by Crippen LogP contribution is 2.25. The van der Waals surface area contributed by atoms with Crippen LogP contribution in [0.25, 0.3) is 0 Å². The molecule has 0 radical (unpaired) electrons. The zero-order valence-corrected chi connectivity index (χ0v) is 12.3. The number of carbonyl (C=O) groups is 1. The van der Waals surface area contributed by atoms with Crippen LogP contribution in [-0.4, -0.2) is 29.4 Å². The van der Waals surface area contributed by atoms with Crippen LogP contribution < -0.4 is 5.32 Å². The molecule has 0 spiro atoms. The lowest BCUT2D eigenvalue weighted by Gasteiger charge is -2.17. The molecule has 0 saturated heterocycles.